The number of para-hydroxylation sites is 1. The summed E-state index contributed by atoms with van der Waals surface area (Å²) in [5.41, 5.74) is 1.92. The van der Waals surface area contributed by atoms with Gasteiger partial charge in [0.05, 0.1) is 7.11 Å². The molecule has 0 aliphatic carbocycles. The van der Waals surface area contributed by atoms with Gasteiger partial charge in [0.1, 0.15) is 11.4 Å². The molecule has 2 N–H and O–H groups in total. The molecular weight excluding hydrogens is 358 g/mol. The van der Waals surface area contributed by atoms with Gasteiger partial charge in [-0.2, -0.15) is 4.98 Å². The number of aromatic nitrogens is 4. The largest absolute Gasteiger partial charge is 0.496 e. The lowest BCUT2D eigenvalue weighted by molar-refractivity contribution is 0.0950. The lowest BCUT2D eigenvalue weighted by atomic mass is 9.93. The molecule has 0 bridgehead atoms. The Kier molecular flexibility index (Phi) is 4.41. The molecule has 1 amide bonds. The van der Waals surface area contributed by atoms with E-state index in [1.807, 2.05) is 45.0 Å². The van der Waals surface area contributed by atoms with Crippen molar-refractivity contribution in [2.45, 2.75) is 38.5 Å². The number of fused-ring (bicyclic) bond motifs is 1. The summed E-state index contributed by atoms with van der Waals surface area (Å²) in [4.78, 5) is 24.6. The van der Waals surface area contributed by atoms with Crippen molar-refractivity contribution in [1.82, 2.24) is 25.4 Å². The molecule has 8 heteroatoms. The molecule has 28 heavy (non-hydrogen) atoms. The Hall–Kier alpha value is -3.16. The van der Waals surface area contributed by atoms with E-state index >= 15 is 0 Å². The Morgan fingerprint density at radius 1 is 1.21 bits per heavy atom. The van der Waals surface area contributed by atoms with E-state index in [4.69, 9.17) is 9.26 Å². The molecule has 4 rings (SSSR count). The third-order valence-corrected chi connectivity index (χ3v) is 4.83. The van der Waals surface area contributed by atoms with Gasteiger partial charge in [0, 0.05) is 23.6 Å². The zero-order valence-electron chi connectivity index (χ0n) is 16.4. The van der Waals surface area contributed by atoms with Gasteiger partial charge in [0.15, 0.2) is 11.6 Å². The first-order valence-corrected chi connectivity index (χ1v) is 9.21. The standard InChI is InChI=1S/C20H23N5O3/c1-20(2,3)19-24-18(28-25-19)16-22-13-9-11(10-21-17(26)15(13)23-16)12-7-5-6-8-14(12)27-4/h5-8,11H,9-10H2,1-4H3,(H,21,26)(H,22,23). The molecule has 1 aliphatic rings. The van der Waals surface area contributed by atoms with Crippen LogP contribution in [0.3, 0.4) is 0 Å². The van der Waals surface area contributed by atoms with Crippen molar-refractivity contribution in [1.29, 1.82) is 0 Å². The number of methoxy groups -OCH3 is 1. The van der Waals surface area contributed by atoms with Crippen LogP contribution in [-0.4, -0.2) is 39.7 Å². The summed E-state index contributed by atoms with van der Waals surface area (Å²) in [5, 5.41) is 6.98. The highest BCUT2D eigenvalue weighted by molar-refractivity contribution is 5.94. The number of hydrogen-bond donors (Lipinski definition) is 2. The van der Waals surface area contributed by atoms with Crippen molar-refractivity contribution >= 4 is 5.91 Å². The number of nitrogens with one attached hydrogen (secondary N) is 2. The molecule has 1 unspecified atom stereocenters. The van der Waals surface area contributed by atoms with Crippen molar-refractivity contribution in [3.05, 3.63) is 47.0 Å². The second-order valence-electron chi connectivity index (χ2n) is 7.94. The van der Waals surface area contributed by atoms with Gasteiger partial charge in [-0.25, -0.2) is 4.98 Å². The number of hydrogen-bond acceptors (Lipinski definition) is 6. The summed E-state index contributed by atoms with van der Waals surface area (Å²) in [6.45, 7) is 6.52. The predicted molar refractivity (Wildman–Crippen MR) is 102 cm³/mol. The first-order valence-electron chi connectivity index (χ1n) is 9.21. The quantitative estimate of drug-likeness (QED) is 0.723. The van der Waals surface area contributed by atoms with Crippen LogP contribution in [0.25, 0.3) is 11.7 Å². The van der Waals surface area contributed by atoms with Crippen LogP contribution in [0, 0.1) is 0 Å². The van der Waals surface area contributed by atoms with Crippen LogP contribution < -0.4 is 10.1 Å². The van der Waals surface area contributed by atoms with Gasteiger partial charge in [0.2, 0.25) is 0 Å². The zero-order chi connectivity index (χ0) is 19.9. The zero-order valence-corrected chi connectivity index (χ0v) is 16.4. The molecule has 2 aromatic heterocycles. The van der Waals surface area contributed by atoms with Gasteiger partial charge in [-0.1, -0.05) is 44.1 Å². The number of imidazole rings is 1. The monoisotopic (exact) mass is 381 g/mol. The Balaban J connectivity index is 1.69. The average molecular weight is 381 g/mol. The van der Waals surface area contributed by atoms with Crippen molar-refractivity contribution in [2.24, 2.45) is 0 Å². The van der Waals surface area contributed by atoms with Gasteiger partial charge in [-0.3, -0.25) is 4.79 Å². The first-order chi connectivity index (χ1) is 13.4. The number of rotatable bonds is 3. The molecule has 146 valence electrons. The molecule has 0 saturated heterocycles. The second kappa shape index (κ2) is 6.78. The van der Waals surface area contributed by atoms with E-state index in [1.165, 1.54) is 0 Å². The van der Waals surface area contributed by atoms with E-state index in [-0.39, 0.29) is 23.1 Å². The normalized spacial score (nSPS) is 17.0. The fourth-order valence-electron chi connectivity index (χ4n) is 3.31. The predicted octanol–water partition coefficient (Wildman–Crippen LogP) is 2.84. The van der Waals surface area contributed by atoms with Gasteiger partial charge >= 0.3 is 0 Å². The Morgan fingerprint density at radius 3 is 2.71 bits per heavy atom. The van der Waals surface area contributed by atoms with Crippen LogP contribution >= 0.6 is 0 Å². The van der Waals surface area contributed by atoms with Crippen LogP contribution in [0.4, 0.5) is 0 Å². The fourth-order valence-corrected chi connectivity index (χ4v) is 3.31. The van der Waals surface area contributed by atoms with Crippen molar-refractivity contribution in [3.63, 3.8) is 0 Å². The average Bonchev–Trinajstić information content (AvgIpc) is 3.29. The molecule has 1 atom stereocenters. The summed E-state index contributed by atoms with van der Waals surface area (Å²) in [6, 6.07) is 7.84. The number of ether oxygens (including phenoxy) is 1. The smallest absolute Gasteiger partial charge is 0.293 e. The van der Waals surface area contributed by atoms with E-state index in [1.54, 1.807) is 7.11 Å². The fraction of sp³-hybridized carbons (Fsp3) is 0.400. The second-order valence-corrected chi connectivity index (χ2v) is 7.94. The molecule has 0 saturated carbocycles. The van der Waals surface area contributed by atoms with Crippen LogP contribution in [0.1, 0.15) is 54.3 Å². The maximum atomic E-state index is 12.6. The number of aromatic amines is 1. The minimum atomic E-state index is -0.238. The van der Waals surface area contributed by atoms with Crippen LogP contribution in [0.5, 0.6) is 5.75 Å². The minimum absolute atomic E-state index is 0.0578. The summed E-state index contributed by atoms with van der Waals surface area (Å²) in [7, 11) is 1.65. The molecule has 1 aliphatic heterocycles. The van der Waals surface area contributed by atoms with E-state index < -0.39 is 0 Å². The molecule has 8 nitrogen and oxygen atoms in total. The lowest BCUT2D eigenvalue weighted by Gasteiger charge is -2.17. The topological polar surface area (TPSA) is 106 Å². The minimum Gasteiger partial charge on any atom is -0.496 e. The van der Waals surface area contributed by atoms with Gasteiger partial charge in [-0.15, -0.1) is 0 Å². The maximum absolute atomic E-state index is 12.6. The highest BCUT2D eigenvalue weighted by Gasteiger charge is 2.29. The molecule has 3 aromatic rings. The number of carbonyl (C=O) groups is 1. The van der Waals surface area contributed by atoms with Gasteiger partial charge in [-0.05, 0) is 18.1 Å². The molecule has 1 aromatic carbocycles. The van der Waals surface area contributed by atoms with Crippen molar-refractivity contribution in [3.8, 4) is 17.5 Å². The first kappa shape index (κ1) is 18.2. The number of benzene rings is 1. The summed E-state index contributed by atoms with van der Waals surface area (Å²) < 4.78 is 10.9. The summed E-state index contributed by atoms with van der Waals surface area (Å²) in [6.07, 6.45) is 0.613. The summed E-state index contributed by atoms with van der Waals surface area (Å²) >= 11 is 0. The molecule has 0 fully saturated rings. The van der Waals surface area contributed by atoms with E-state index in [2.05, 4.69) is 25.4 Å². The van der Waals surface area contributed by atoms with Gasteiger partial charge < -0.3 is 19.6 Å². The lowest BCUT2D eigenvalue weighted by Crippen LogP contribution is -2.26. The maximum Gasteiger partial charge on any atom is 0.293 e. The van der Waals surface area contributed by atoms with Crippen LogP contribution in [0.2, 0.25) is 0 Å². The van der Waals surface area contributed by atoms with Crippen LogP contribution in [0.15, 0.2) is 28.8 Å². The van der Waals surface area contributed by atoms with E-state index in [0.717, 1.165) is 17.0 Å². The third-order valence-electron chi connectivity index (χ3n) is 4.83. The van der Waals surface area contributed by atoms with E-state index in [0.29, 0.717) is 30.3 Å². The van der Waals surface area contributed by atoms with E-state index in [9.17, 15) is 4.79 Å². The van der Waals surface area contributed by atoms with Crippen LogP contribution in [-0.2, 0) is 11.8 Å². The number of amides is 1. The SMILES string of the molecule is COc1ccccc1C1CNC(=O)c2nc(-c3nc(C(C)(C)C)no3)[nH]c2C1. The molecular formula is C20H23N5O3. The number of nitrogens with zero attached hydrogens (tertiary/aromatic N) is 3. The third kappa shape index (κ3) is 3.26. The number of H-pyrrole nitrogens is 1. The Bertz CT molecular complexity index is 1020. The Morgan fingerprint density at radius 2 is 2.00 bits per heavy atom. The van der Waals surface area contributed by atoms with Crippen molar-refractivity contribution in [2.75, 3.05) is 13.7 Å². The molecule has 3 heterocycles. The number of carbonyl (C=O) groups excluding carboxylic acids is 1. The summed E-state index contributed by atoms with van der Waals surface area (Å²) in [5.74, 6) is 1.92. The Labute approximate surface area is 162 Å². The molecule has 0 radical (unpaired) electrons. The van der Waals surface area contributed by atoms with Gasteiger partial charge in [0.25, 0.3) is 11.8 Å². The highest BCUT2D eigenvalue weighted by atomic mass is 16.5. The highest BCUT2D eigenvalue weighted by Crippen LogP contribution is 2.32. The molecule has 0 spiro atoms. The van der Waals surface area contributed by atoms with Crippen molar-refractivity contribution < 1.29 is 14.1 Å².